The fraction of sp³-hybridized carbons (Fsp3) is 0.750. The van der Waals surface area contributed by atoms with Crippen LogP contribution in [0.2, 0.25) is 0 Å². The summed E-state index contributed by atoms with van der Waals surface area (Å²) in [4.78, 5) is 12.2. The fourth-order valence-corrected chi connectivity index (χ4v) is 2.67. The molecule has 0 saturated heterocycles. The minimum Gasteiger partial charge on any atom is -0.490 e. The van der Waals surface area contributed by atoms with Crippen LogP contribution in [0, 0.1) is 6.92 Å². The number of hydrogen-bond acceptors (Lipinski definition) is 2. The molecule has 4 nitrogen and oxygen atoms in total. The van der Waals surface area contributed by atoms with Crippen LogP contribution in [-0.4, -0.2) is 16.5 Å². The summed E-state index contributed by atoms with van der Waals surface area (Å²) in [7, 11) is 3.50. The van der Waals surface area contributed by atoms with Crippen LogP contribution < -0.4 is 10.3 Å². The number of ether oxygens (including phenoxy) is 1. The second kappa shape index (κ2) is 4.36. The smallest absolute Gasteiger partial charge is 0.309 e. The monoisotopic (exact) mass is 224 g/mol. The van der Waals surface area contributed by atoms with Gasteiger partial charge in [0.2, 0.25) is 5.75 Å². The standard InChI is InChI=1S/C12H20N2O2/c1-9-11(16-3)12(15)14(13(9)2)10-7-5-4-6-8-10/h10H,4-8H2,1-3H3. The number of aromatic nitrogens is 2. The van der Waals surface area contributed by atoms with E-state index in [9.17, 15) is 4.79 Å². The first-order valence-electron chi connectivity index (χ1n) is 5.99. The number of rotatable bonds is 2. The molecule has 1 heterocycles. The van der Waals surface area contributed by atoms with Crippen LogP contribution in [-0.2, 0) is 7.05 Å². The van der Waals surface area contributed by atoms with Gasteiger partial charge in [0.25, 0.3) is 0 Å². The molecule has 2 rings (SSSR count). The summed E-state index contributed by atoms with van der Waals surface area (Å²) < 4.78 is 8.98. The zero-order valence-electron chi connectivity index (χ0n) is 10.3. The van der Waals surface area contributed by atoms with Crippen molar-refractivity contribution in [1.29, 1.82) is 0 Å². The molecule has 1 fully saturated rings. The highest BCUT2D eigenvalue weighted by atomic mass is 16.5. The summed E-state index contributed by atoms with van der Waals surface area (Å²) in [5.41, 5.74) is 0.937. The van der Waals surface area contributed by atoms with Gasteiger partial charge in [0.05, 0.1) is 18.8 Å². The SMILES string of the molecule is COc1c(C)n(C)n(C2CCCCC2)c1=O. The van der Waals surface area contributed by atoms with E-state index in [1.807, 2.05) is 23.3 Å². The van der Waals surface area contributed by atoms with E-state index in [0.717, 1.165) is 18.5 Å². The van der Waals surface area contributed by atoms with Crippen molar-refractivity contribution < 1.29 is 4.74 Å². The van der Waals surface area contributed by atoms with E-state index in [-0.39, 0.29) is 5.56 Å². The lowest BCUT2D eigenvalue weighted by Crippen LogP contribution is -2.28. The van der Waals surface area contributed by atoms with Crippen LogP contribution >= 0.6 is 0 Å². The molecule has 0 spiro atoms. The topological polar surface area (TPSA) is 36.2 Å². The lowest BCUT2D eigenvalue weighted by Gasteiger charge is -2.24. The third-order valence-electron chi connectivity index (χ3n) is 3.66. The highest BCUT2D eigenvalue weighted by Crippen LogP contribution is 2.28. The Morgan fingerprint density at radius 2 is 1.88 bits per heavy atom. The van der Waals surface area contributed by atoms with Gasteiger partial charge >= 0.3 is 5.56 Å². The van der Waals surface area contributed by atoms with Crippen molar-refractivity contribution in [2.45, 2.75) is 45.1 Å². The van der Waals surface area contributed by atoms with E-state index in [1.54, 1.807) is 7.11 Å². The molecule has 1 saturated carbocycles. The summed E-state index contributed by atoms with van der Waals surface area (Å²) >= 11 is 0. The first-order chi connectivity index (χ1) is 7.66. The van der Waals surface area contributed by atoms with Gasteiger partial charge in [0, 0.05) is 7.05 Å². The Morgan fingerprint density at radius 3 is 2.38 bits per heavy atom. The Kier molecular flexibility index (Phi) is 3.08. The van der Waals surface area contributed by atoms with Crippen molar-refractivity contribution in [1.82, 2.24) is 9.36 Å². The van der Waals surface area contributed by atoms with Gasteiger partial charge in [-0.25, -0.2) is 4.68 Å². The van der Waals surface area contributed by atoms with E-state index in [0.29, 0.717) is 11.8 Å². The van der Waals surface area contributed by atoms with Gasteiger partial charge in [-0.3, -0.25) is 9.48 Å². The Bertz CT molecular complexity index is 425. The van der Waals surface area contributed by atoms with Crippen molar-refractivity contribution in [3.63, 3.8) is 0 Å². The molecule has 1 aromatic rings. The maximum atomic E-state index is 12.2. The van der Waals surface area contributed by atoms with Crippen molar-refractivity contribution >= 4 is 0 Å². The summed E-state index contributed by atoms with van der Waals surface area (Å²) in [5.74, 6) is 0.494. The molecule has 4 heteroatoms. The Labute approximate surface area is 95.8 Å². The predicted molar refractivity (Wildman–Crippen MR) is 63.1 cm³/mol. The molecule has 1 aliphatic carbocycles. The molecular formula is C12H20N2O2. The van der Waals surface area contributed by atoms with Gasteiger partial charge in [0.15, 0.2) is 0 Å². The highest BCUT2D eigenvalue weighted by molar-refractivity contribution is 5.24. The van der Waals surface area contributed by atoms with E-state index in [4.69, 9.17) is 4.74 Å². The minimum atomic E-state index is 0.0226. The lowest BCUT2D eigenvalue weighted by molar-refractivity contribution is 0.292. The quantitative estimate of drug-likeness (QED) is 0.770. The molecule has 0 aromatic carbocycles. The molecule has 0 atom stereocenters. The summed E-state index contributed by atoms with van der Waals surface area (Å²) in [6, 6.07) is 0.355. The largest absolute Gasteiger partial charge is 0.490 e. The summed E-state index contributed by atoms with van der Waals surface area (Å²) in [6.45, 7) is 1.93. The predicted octanol–water partition coefficient (Wildman–Crippen LogP) is 2.01. The molecule has 0 bridgehead atoms. The van der Waals surface area contributed by atoms with Crippen LogP contribution in [0.4, 0.5) is 0 Å². The molecule has 0 radical (unpaired) electrons. The zero-order valence-corrected chi connectivity index (χ0v) is 10.3. The Balaban J connectivity index is 2.43. The lowest BCUT2D eigenvalue weighted by atomic mass is 9.96. The fourth-order valence-electron chi connectivity index (χ4n) is 2.67. The highest BCUT2D eigenvalue weighted by Gasteiger charge is 2.23. The average molecular weight is 224 g/mol. The second-order valence-corrected chi connectivity index (χ2v) is 4.58. The molecule has 1 aliphatic rings. The third kappa shape index (κ3) is 1.66. The second-order valence-electron chi connectivity index (χ2n) is 4.58. The van der Waals surface area contributed by atoms with Gasteiger partial charge in [-0.1, -0.05) is 19.3 Å². The van der Waals surface area contributed by atoms with Crippen molar-refractivity contribution in [3.8, 4) is 5.75 Å². The van der Waals surface area contributed by atoms with Gasteiger partial charge in [-0.15, -0.1) is 0 Å². The maximum absolute atomic E-state index is 12.2. The first-order valence-corrected chi connectivity index (χ1v) is 5.99. The zero-order chi connectivity index (χ0) is 11.7. The number of nitrogens with zero attached hydrogens (tertiary/aromatic N) is 2. The van der Waals surface area contributed by atoms with E-state index in [2.05, 4.69) is 0 Å². The van der Waals surface area contributed by atoms with Gasteiger partial charge in [0.1, 0.15) is 0 Å². The van der Waals surface area contributed by atoms with Crippen LogP contribution in [0.5, 0.6) is 5.75 Å². The molecule has 0 amide bonds. The number of hydrogen-bond donors (Lipinski definition) is 0. The maximum Gasteiger partial charge on any atom is 0.309 e. The summed E-state index contributed by atoms with van der Waals surface area (Å²) in [6.07, 6.45) is 5.97. The molecular weight excluding hydrogens is 204 g/mol. The van der Waals surface area contributed by atoms with Crippen molar-refractivity contribution in [2.24, 2.45) is 7.05 Å². The van der Waals surface area contributed by atoms with Gasteiger partial charge in [-0.05, 0) is 19.8 Å². The molecule has 0 unspecified atom stereocenters. The van der Waals surface area contributed by atoms with Crippen LogP contribution in [0.3, 0.4) is 0 Å². The summed E-state index contributed by atoms with van der Waals surface area (Å²) in [5, 5.41) is 0. The number of methoxy groups -OCH3 is 1. The first kappa shape index (κ1) is 11.3. The molecule has 16 heavy (non-hydrogen) atoms. The minimum absolute atomic E-state index is 0.0226. The van der Waals surface area contributed by atoms with Crippen LogP contribution in [0.15, 0.2) is 4.79 Å². The molecule has 0 N–H and O–H groups in total. The van der Waals surface area contributed by atoms with Gasteiger partial charge in [-0.2, -0.15) is 0 Å². The molecule has 1 aromatic heterocycles. The Hall–Kier alpha value is -1.19. The normalized spacial score (nSPS) is 17.7. The van der Waals surface area contributed by atoms with E-state index in [1.165, 1.54) is 19.3 Å². The Morgan fingerprint density at radius 1 is 1.25 bits per heavy atom. The van der Waals surface area contributed by atoms with E-state index < -0.39 is 0 Å². The van der Waals surface area contributed by atoms with Crippen LogP contribution in [0.25, 0.3) is 0 Å². The van der Waals surface area contributed by atoms with Crippen molar-refractivity contribution in [3.05, 3.63) is 16.0 Å². The van der Waals surface area contributed by atoms with Gasteiger partial charge < -0.3 is 4.74 Å². The third-order valence-corrected chi connectivity index (χ3v) is 3.66. The van der Waals surface area contributed by atoms with Crippen LogP contribution in [0.1, 0.15) is 43.8 Å². The van der Waals surface area contributed by atoms with E-state index >= 15 is 0 Å². The molecule has 0 aliphatic heterocycles. The van der Waals surface area contributed by atoms with Crippen molar-refractivity contribution in [2.75, 3.05) is 7.11 Å². The molecule has 90 valence electrons. The average Bonchev–Trinajstić information content (AvgIpc) is 2.51.